The van der Waals surface area contributed by atoms with Crippen LogP contribution in [0.4, 0.5) is 15.8 Å². The Bertz CT molecular complexity index is 1250. The van der Waals surface area contributed by atoms with Gasteiger partial charge in [-0.3, -0.25) is 9.10 Å². The number of Topliss-reactive ketones (excluding diaryl/α,β-unsaturated/α-hetero) is 1. The van der Waals surface area contributed by atoms with Crippen LogP contribution in [0.2, 0.25) is 0 Å². The van der Waals surface area contributed by atoms with E-state index in [1.165, 1.54) is 22.5 Å². The highest BCUT2D eigenvalue weighted by molar-refractivity contribution is 7.97. The molecule has 4 rings (SSSR count). The van der Waals surface area contributed by atoms with Gasteiger partial charge in [0.25, 0.3) is 10.0 Å². The molecule has 0 aromatic heterocycles. The van der Waals surface area contributed by atoms with Gasteiger partial charge in [0.15, 0.2) is 4.91 Å². The van der Waals surface area contributed by atoms with E-state index >= 15 is 0 Å². The molecule has 0 bridgehead atoms. The largest absolute Gasteiger partial charge is 0.360 e. The van der Waals surface area contributed by atoms with Crippen molar-refractivity contribution in [2.45, 2.75) is 13.5 Å². The number of fused-ring (bicyclic) bond motifs is 1. The first-order chi connectivity index (χ1) is 14.4. The number of halogens is 1. The first kappa shape index (κ1) is 19.8. The van der Waals surface area contributed by atoms with Crippen LogP contribution in [0.5, 0.6) is 0 Å². The summed E-state index contributed by atoms with van der Waals surface area (Å²) in [5.74, 6) is -1.07. The van der Waals surface area contributed by atoms with E-state index in [0.717, 1.165) is 17.3 Å². The molecule has 0 fully saturated rings. The Morgan fingerprint density at radius 1 is 1.00 bits per heavy atom. The van der Waals surface area contributed by atoms with E-state index in [9.17, 15) is 17.6 Å². The quantitative estimate of drug-likeness (QED) is 0.623. The average Bonchev–Trinajstić information content (AvgIpc) is 2.72. The summed E-state index contributed by atoms with van der Waals surface area (Å²) in [6.45, 7) is 2.04. The van der Waals surface area contributed by atoms with Crippen molar-refractivity contribution < 1.29 is 17.6 Å². The Kier molecular flexibility index (Phi) is 5.13. The van der Waals surface area contributed by atoms with Crippen LogP contribution in [0.25, 0.3) is 0 Å². The second kappa shape index (κ2) is 7.76. The number of allylic oxidation sites excluding steroid dienone is 1. The highest BCUT2D eigenvalue weighted by Gasteiger charge is 2.40. The lowest BCUT2D eigenvalue weighted by Gasteiger charge is -2.31. The number of aryl methyl sites for hydroxylation is 1. The van der Waals surface area contributed by atoms with E-state index in [0.29, 0.717) is 16.9 Å². The first-order valence-corrected chi connectivity index (χ1v) is 10.7. The number of rotatable bonds is 4. The molecule has 152 valence electrons. The normalized spacial score (nSPS) is 16.4. The molecule has 0 spiro atoms. The number of hydrogen-bond donors (Lipinski definition) is 1. The predicted molar refractivity (Wildman–Crippen MR) is 115 cm³/mol. The Morgan fingerprint density at radius 2 is 1.73 bits per heavy atom. The monoisotopic (exact) mass is 422 g/mol. The minimum absolute atomic E-state index is 0.0875. The molecule has 5 nitrogen and oxygen atoms in total. The van der Waals surface area contributed by atoms with Gasteiger partial charge >= 0.3 is 0 Å². The second-order valence-corrected chi connectivity index (χ2v) is 8.84. The molecule has 1 aliphatic heterocycles. The Labute approximate surface area is 174 Å². The van der Waals surface area contributed by atoms with Gasteiger partial charge in [0.1, 0.15) is 5.82 Å². The maximum Gasteiger partial charge on any atom is 0.270 e. The lowest BCUT2D eigenvalue weighted by Crippen LogP contribution is -2.39. The van der Waals surface area contributed by atoms with Crippen molar-refractivity contribution in [3.63, 3.8) is 0 Å². The molecule has 30 heavy (non-hydrogen) atoms. The summed E-state index contributed by atoms with van der Waals surface area (Å²) in [4.78, 5) is 12.6. The summed E-state index contributed by atoms with van der Waals surface area (Å²) in [5.41, 5.74) is 2.84. The highest BCUT2D eigenvalue weighted by Crippen LogP contribution is 2.36. The van der Waals surface area contributed by atoms with Gasteiger partial charge < -0.3 is 5.32 Å². The average molecular weight is 422 g/mol. The second-order valence-electron chi connectivity index (χ2n) is 7.01. The molecular weight excluding hydrogens is 403 g/mol. The van der Waals surface area contributed by atoms with Gasteiger partial charge in [-0.05, 0) is 42.8 Å². The Hall–Kier alpha value is -3.45. The molecular formula is C23H19FN2O3S. The SMILES string of the molecule is Cc1ccc(CN2c3ccccc3C(=O)C(=CNc3cccc(F)c3)S2(=O)=O)cc1. The number of nitrogens with zero attached hydrogens (tertiary/aromatic N) is 1. The van der Waals surface area contributed by atoms with Crippen LogP contribution in [-0.2, 0) is 16.6 Å². The van der Waals surface area contributed by atoms with Gasteiger partial charge in [-0.15, -0.1) is 0 Å². The fraction of sp³-hybridized carbons (Fsp3) is 0.0870. The third kappa shape index (κ3) is 3.71. The van der Waals surface area contributed by atoms with E-state index in [2.05, 4.69) is 5.32 Å². The topological polar surface area (TPSA) is 66.5 Å². The van der Waals surface area contributed by atoms with Gasteiger partial charge in [0, 0.05) is 17.5 Å². The van der Waals surface area contributed by atoms with Crippen LogP contribution in [-0.4, -0.2) is 14.2 Å². The molecule has 0 saturated heterocycles. The number of hydrogen-bond acceptors (Lipinski definition) is 4. The van der Waals surface area contributed by atoms with E-state index in [-0.39, 0.29) is 6.54 Å². The van der Waals surface area contributed by atoms with Crippen molar-refractivity contribution in [2.75, 3.05) is 9.62 Å². The molecule has 0 unspecified atom stereocenters. The van der Waals surface area contributed by atoms with Crippen LogP contribution in [0.3, 0.4) is 0 Å². The summed E-state index contributed by atoms with van der Waals surface area (Å²) in [6, 6.07) is 19.7. The predicted octanol–water partition coefficient (Wildman–Crippen LogP) is 4.62. The third-order valence-electron chi connectivity index (χ3n) is 4.85. The van der Waals surface area contributed by atoms with E-state index in [4.69, 9.17) is 0 Å². The van der Waals surface area contributed by atoms with Gasteiger partial charge in [-0.2, -0.15) is 0 Å². The molecule has 1 aliphatic rings. The standard InChI is InChI=1S/C23H19FN2O3S/c1-16-9-11-17(12-10-16)15-26-21-8-3-2-7-20(21)23(27)22(30(26,28)29)14-25-19-6-4-5-18(24)13-19/h2-14,25H,15H2,1H3. The minimum Gasteiger partial charge on any atom is -0.360 e. The molecule has 0 amide bonds. The molecule has 3 aromatic rings. The zero-order valence-electron chi connectivity index (χ0n) is 16.2. The van der Waals surface area contributed by atoms with Crippen molar-refractivity contribution in [3.05, 3.63) is 106 Å². The lowest BCUT2D eigenvalue weighted by molar-refractivity contribution is 0.104. The number of sulfonamides is 1. The smallest absolute Gasteiger partial charge is 0.270 e. The maximum absolute atomic E-state index is 13.4. The number of para-hydroxylation sites is 1. The van der Waals surface area contributed by atoms with Crippen LogP contribution in [0.1, 0.15) is 21.5 Å². The summed E-state index contributed by atoms with van der Waals surface area (Å²) < 4.78 is 41.4. The van der Waals surface area contributed by atoms with Gasteiger partial charge in [0.05, 0.1) is 12.2 Å². The molecule has 7 heteroatoms. The van der Waals surface area contributed by atoms with E-state index < -0.39 is 26.5 Å². The number of nitrogens with one attached hydrogen (secondary N) is 1. The molecule has 1 heterocycles. The maximum atomic E-state index is 13.4. The number of benzene rings is 3. The van der Waals surface area contributed by atoms with Crippen LogP contribution >= 0.6 is 0 Å². The Balaban J connectivity index is 1.77. The fourth-order valence-electron chi connectivity index (χ4n) is 3.28. The third-order valence-corrected chi connectivity index (χ3v) is 6.62. The van der Waals surface area contributed by atoms with Gasteiger partial charge in [0.2, 0.25) is 5.78 Å². The van der Waals surface area contributed by atoms with Crippen molar-refractivity contribution in [3.8, 4) is 0 Å². The van der Waals surface area contributed by atoms with Crippen LogP contribution in [0.15, 0.2) is 83.9 Å². The Morgan fingerprint density at radius 3 is 2.47 bits per heavy atom. The van der Waals surface area contributed by atoms with Gasteiger partial charge in [-0.1, -0.05) is 48.0 Å². The van der Waals surface area contributed by atoms with Crippen molar-refractivity contribution in [1.82, 2.24) is 0 Å². The van der Waals surface area contributed by atoms with Crippen molar-refractivity contribution in [1.29, 1.82) is 0 Å². The highest BCUT2D eigenvalue weighted by atomic mass is 32.2. The zero-order valence-corrected chi connectivity index (χ0v) is 17.0. The molecule has 0 aliphatic carbocycles. The van der Waals surface area contributed by atoms with Crippen LogP contribution < -0.4 is 9.62 Å². The number of anilines is 2. The van der Waals surface area contributed by atoms with E-state index in [1.807, 2.05) is 31.2 Å². The summed E-state index contributed by atoms with van der Waals surface area (Å²) >= 11 is 0. The minimum atomic E-state index is -4.13. The van der Waals surface area contributed by atoms with Crippen molar-refractivity contribution in [2.24, 2.45) is 0 Å². The molecule has 0 radical (unpaired) electrons. The number of carbonyl (C=O) groups excluding carboxylic acids is 1. The van der Waals surface area contributed by atoms with E-state index in [1.54, 1.807) is 30.3 Å². The van der Waals surface area contributed by atoms with Crippen molar-refractivity contribution >= 4 is 27.2 Å². The fourth-order valence-corrected chi connectivity index (χ4v) is 4.80. The zero-order chi connectivity index (χ0) is 21.3. The molecule has 0 saturated carbocycles. The van der Waals surface area contributed by atoms with Gasteiger partial charge in [-0.25, -0.2) is 12.8 Å². The number of ketones is 1. The summed E-state index contributed by atoms with van der Waals surface area (Å²) in [5, 5.41) is 2.74. The first-order valence-electron chi connectivity index (χ1n) is 9.30. The van der Waals surface area contributed by atoms with Crippen LogP contribution in [0, 0.1) is 12.7 Å². The molecule has 1 N–H and O–H groups in total. The molecule has 3 aromatic carbocycles. The number of carbonyl (C=O) groups is 1. The molecule has 0 atom stereocenters. The summed E-state index contributed by atoms with van der Waals surface area (Å²) in [6.07, 6.45) is 1.13. The lowest BCUT2D eigenvalue weighted by atomic mass is 10.1. The summed E-state index contributed by atoms with van der Waals surface area (Å²) in [7, 11) is -4.13.